The van der Waals surface area contributed by atoms with Crippen LogP contribution in [0.5, 0.6) is 0 Å². The minimum absolute atomic E-state index is 0.0667. The highest BCUT2D eigenvalue weighted by Gasteiger charge is 2.55. The maximum absolute atomic E-state index is 12.5. The van der Waals surface area contributed by atoms with Crippen LogP contribution >= 0.6 is 0 Å². The molecule has 0 spiro atoms. The molecule has 0 saturated carbocycles. The van der Waals surface area contributed by atoms with E-state index in [0.717, 1.165) is 16.7 Å². The van der Waals surface area contributed by atoms with E-state index in [1.165, 1.54) is 21.1 Å². The van der Waals surface area contributed by atoms with E-state index in [2.05, 4.69) is 5.32 Å². The van der Waals surface area contributed by atoms with Gasteiger partial charge in [-0.05, 0) is 44.4 Å². The molecule has 0 radical (unpaired) electrons. The van der Waals surface area contributed by atoms with Crippen LogP contribution in [0.25, 0.3) is 0 Å². The molecule has 3 aliphatic heterocycles. The number of nitrogens with one attached hydrogen (secondary N) is 1. The molecule has 53 heavy (non-hydrogen) atoms. The minimum atomic E-state index is -1.16. The van der Waals surface area contributed by atoms with Crippen molar-refractivity contribution in [3.8, 4) is 0 Å². The Bertz CT molecular complexity index is 1510. The zero-order valence-corrected chi connectivity index (χ0v) is 31.5. The van der Waals surface area contributed by atoms with Gasteiger partial charge in [0, 0.05) is 27.6 Å². The molecule has 3 heterocycles. The third kappa shape index (κ3) is 8.84. The highest BCUT2D eigenvalue weighted by molar-refractivity contribution is 5.73. The summed E-state index contributed by atoms with van der Waals surface area (Å²) in [5.41, 5.74) is 1.76. The molecule has 3 saturated heterocycles. The topological polar surface area (TPSA) is 132 Å². The van der Waals surface area contributed by atoms with E-state index >= 15 is 0 Å². The van der Waals surface area contributed by atoms with Crippen molar-refractivity contribution in [3.63, 3.8) is 0 Å². The largest absolute Gasteiger partial charge is 0.391 e. The molecular formula is C41H53NO11. The second-order valence-electron chi connectivity index (χ2n) is 14.6. The number of carbonyl (C=O) groups excluding carboxylic acids is 1. The molecule has 0 aromatic heterocycles. The number of aliphatic hydroxyl groups is 1. The average Bonchev–Trinajstić information content (AvgIpc) is 3.67. The smallest absolute Gasteiger partial charge is 0.217 e. The Kier molecular flexibility index (Phi) is 12.4. The molecule has 3 aromatic rings. The van der Waals surface area contributed by atoms with Crippen LogP contribution in [-0.4, -0.2) is 105 Å². The Balaban J connectivity index is 1.34. The normalized spacial score (nSPS) is 28.9. The molecular weight excluding hydrogens is 682 g/mol. The Hall–Kier alpha value is -3.27. The van der Waals surface area contributed by atoms with Crippen LogP contribution in [0, 0.1) is 0 Å². The minimum Gasteiger partial charge on any atom is -0.391 e. The Morgan fingerprint density at radius 2 is 1.36 bits per heavy atom. The summed E-state index contributed by atoms with van der Waals surface area (Å²) in [6.45, 7) is 8.85. The van der Waals surface area contributed by atoms with Crippen molar-refractivity contribution in [2.75, 3.05) is 27.4 Å². The molecule has 1 amide bonds. The lowest BCUT2D eigenvalue weighted by Gasteiger charge is -2.44. The first-order valence-electron chi connectivity index (χ1n) is 18.2. The van der Waals surface area contributed by atoms with Crippen molar-refractivity contribution in [2.45, 2.75) is 113 Å². The van der Waals surface area contributed by atoms with Gasteiger partial charge in [0.2, 0.25) is 5.91 Å². The number of ether oxygens (including phenoxy) is 9. The number of aliphatic hydroxyl groups excluding tert-OH is 1. The number of rotatable bonds is 14. The number of benzene rings is 3. The lowest BCUT2D eigenvalue weighted by molar-refractivity contribution is -0.288. The van der Waals surface area contributed by atoms with Gasteiger partial charge in [0.05, 0.1) is 25.4 Å². The lowest BCUT2D eigenvalue weighted by Crippen LogP contribution is -2.61. The van der Waals surface area contributed by atoms with E-state index in [4.69, 9.17) is 42.6 Å². The fraction of sp³-hybridized carbons (Fsp3) is 0.537. The fourth-order valence-corrected chi connectivity index (χ4v) is 7.59. The lowest BCUT2D eigenvalue weighted by atomic mass is 9.80. The third-order valence-corrected chi connectivity index (χ3v) is 9.84. The second kappa shape index (κ2) is 16.6. The van der Waals surface area contributed by atoms with Crippen molar-refractivity contribution in [1.29, 1.82) is 0 Å². The average molecular weight is 736 g/mol. The van der Waals surface area contributed by atoms with Crippen molar-refractivity contribution >= 4 is 5.91 Å². The van der Waals surface area contributed by atoms with Gasteiger partial charge >= 0.3 is 0 Å². The predicted octanol–water partition coefficient (Wildman–Crippen LogP) is 4.65. The third-order valence-electron chi connectivity index (χ3n) is 9.84. The summed E-state index contributed by atoms with van der Waals surface area (Å²) < 4.78 is 57.0. The quantitative estimate of drug-likeness (QED) is 0.177. The zero-order valence-electron chi connectivity index (χ0n) is 31.5. The first-order chi connectivity index (χ1) is 25.4. The highest BCUT2D eigenvalue weighted by Crippen LogP contribution is 2.42. The van der Waals surface area contributed by atoms with Crippen LogP contribution in [0.1, 0.15) is 57.7 Å². The van der Waals surface area contributed by atoms with E-state index in [1.54, 1.807) is 13.8 Å². The molecule has 0 aliphatic carbocycles. The monoisotopic (exact) mass is 735 g/mol. The summed E-state index contributed by atoms with van der Waals surface area (Å²) in [7, 11) is 3.04. The molecule has 2 N–H and O–H groups in total. The molecule has 3 fully saturated rings. The highest BCUT2D eigenvalue weighted by atomic mass is 16.8. The summed E-state index contributed by atoms with van der Waals surface area (Å²) in [5, 5.41) is 14.5. The second-order valence-corrected chi connectivity index (χ2v) is 14.6. The zero-order chi connectivity index (χ0) is 37.8. The van der Waals surface area contributed by atoms with E-state index in [-0.39, 0.29) is 25.5 Å². The SMILES string of the molecule is COC(OC)[C@@H]1OC(C)(C)O[C@H]1[C@H](O[C@@H]1O[C@H](COC(c2ccccc2)(c2ccccc2)c2ccccc2)C[C@H](O)[C@H]1NC(C)=O)[C@H]1COC(C)(C)O1. The van der Waals surface area contributed by atoms with Crippen LogP contribution in [0.15, 0.2) is 91.0 Å². The summed E-state index contributed by atoms with van der Waals surface area (Å²) in [6, 6.07) is 29.1. The summed E-state index contributed by atoms with van der Waals surface area (Å²) in [4.78, 5) is 12.5. The fourth-order valence-electron chi connectivity index (χ4n) is 7.59. The van der Waals surface area contributed by atoms with E-state index in [9.17, 15) is 9.90 Å². The summed E-state index contributed by atoms with van der Waals surface area (Å²) in [6.07, 6.45) is -6.60. The summed E-state index contributed by atoms with van der Waals surface area (Å²) >= 11 is 0. The molecule has 12 nitrogen and oxygen atoms in total. The van der Waals surface area contributed by atoms with Gasteiger partial charge in [-0.2, -0.15) is 0 Å². The first-order valence-corrected chi connectivity index (χ1v) is 18.2. The van der Waals surface area contributed by atoms with Gasteiger partial charge in [0.1, 0.15) is 36.1 Å². The van der Waals surface area contributed by atoms with E-state index in [0.29, 0.717) is 0 Å². The molecule has 6 rings (SSSR count). The molecule has 3 aromatic carbocycles. The van der Waals surface area contributed by atoms with Gasteiger partial charge in [0.15, 0.2) is 24.2 Å². The van der Waals surface area contributed by atoms with Crippen LogP contribution in [0.2, 0.25) is 0 Å². The molecule has 288 valence electrons. The Morgan fingerprint density at radius 1 is 0.830 bits per heavy atom. The number of carbonyl (C=O) groups is 1. The Labute approximate surface area is 311 Å². The maximum atomic E-state index is 12.5. The Morgan fingerprint density at radius 3 is 1.83 bits per heavy atom. The first kappa shape index (κ1) is 39.4. The van der Waals surface area contributed by atoms with Gasteiger partial charge in [-0.1, -0.05) is 91.0 Å². The van der Waals surface area contributed by atoms with E-state index in [1.807, 2.05) is 105 Å². The standard InChI is InChI=1S/C41H53NO11/c1-26(43)42-33-31(44)23-30(24-48-41(27-17-11-8-12-18-27,28-19-13-9-14-20-28)29-21-15-10-16-22-29)49-37(33)50-34(32-25-47-39(2,3)51-32)35-36(38(45-6)46-7)53-40(4,5)52-35/h8-22,30-38,44H,23-25H2,1-7H3,(H,42,43)/t30-,31-,32+,33+,34+,35-,36+,37-/m0/s1. The number of hydrogen-bond acceptors (Lipinski definition) is 11. The summed E-state index contributed by atoms with van der Waals surface area (Å²) in [5.74, 6) is -2.29. The van der Waals surface area contributed by atoms with Crippen LogP contribution < -0.4 is 5.32 Å². The molecule has 12 heteroatoms. The maximum Gasteiger partial charge on any atom is 0.217 e. The van der Waals surface area contributed by atoms with Crippen LogP contribution in [-0.2, 0) is 53.0 Å². The molecule has 8 atom stereocenters. The number of amides is 1. The van der Waals surface area contributed by atoms with Gasteiger partial charge in [-0.25, -0.2) is 0 Å². The number of methoxy groups -OCH3 is 2. The van der Waals surface area contributed by atoms with Crippen LogP contribution in [0.3, 0.4) is 0 Å². The van der Waals surface area contributed by atoms with Gasteiger partial charge in [-0.3, -0.25) is 4.79 Å². The number of hydrogen-bond donors (Lipinski definition) is 2. The van der Waals surface area contributed by atoms with Gasteiger partial charge < -0.3 is 53.1 Å². The molecule has 0 unspecified atom stereocenters. The molecule has 3 aliphatic rings. The van der Waals surface area contributed by atoms with Crippen molar-refractivity contribution in [3.05, 3.63) is 108 Å². The molecule has 0 bridgehead atoms. The predicted molar refractivity (Wildman–Crippen MR) is 193 cm³/mol. The van der Waals surface area contributed by atoms with Crippen molar-refractivity contribution in [2.24, 2.45) is 0 Å². The van der Waals surface area contributed by atoms with Gasteiger partial charge in [-0.15, -0.1) is 0 Å². The van der Waals surface area contributed by atoms with Crippen molar-refractivity contribution in [1.82, 2.24) is 5.32 Å². The van der Waals surface area contributed by atoms with E-state index < -0.39 is 72.4 Å². The van der Waals surface area contributed by atoms with Crippen molar-refractivity contribution < 1.29 is 52.5 Å². The van der Waals surface area contributed by atoms with Crippen LogP contribution in [0.4, 0.5) is 0 Å². The van der Waals surface area contributed by atoms with Gasteiger partial charge in [0.25, 0.3) is 0 Å².